The normalized spacial score (nSPS) is 10.6. The third kappa shape index (κ3) is 1.83. The highest BCUT2D eigenvalue weighted by Crippen LogP contribution is 2.26. The molecule has 0 fully saturated rings. The van der Waals surface area contributed by atoms with Crippen molar-refractivity contribution in [1.82, 2.24) is 9.97 Å². The van der Waals surface area contributed by atoms with Crippen molar-refractivity contribution in [2.45, 2.75) is 13.8 Å². The number of nitrogens with zero attached hydrogens (tertiary/aromatic N) is 2. The number of esters is 1. The lowest BCUT2D eigenvalue weighted by Gasteiger charge is -2.01. The van der Waals surface area contributed by atoms with E-state index in [1.54, 1.807) is 13.0 Å². The van der Waals surface area contributed by atoms with Crippen LogP contribution in [0.15, 0.2) is 6.07 Å². The standard InChI is InChI=1S/C10H11N3O2S/c1-3-15-9(14)6-4-5(2)7-8(12-6)13-10(11)16-7/h4H,3H2,1-2H3,(H2,11,12,13). The van der Waals surface area contributed by atoms with E-state index in [0.29, 0.717) is 17.4 Å². The van der Waals surface area contributed by atoms with E-state index in [9.17, 15) is 4.79 Å². The molecule has 2 aromatic rings. The molecule has 2 heterocycles. The van der Waals surface area contributed by atoms with Gasteiger partial charge in [-0.05, 0) is 25.5 Å². The summed E-state index contributed by atoms with van der Waals surface area (Å²) < 4.78 is 5.79. The maximum absolute atomic E-state index is 11.5. The fraction of sp³-hybridized carbons (Fsp3) is 0.300. The van der Waals surface area contributed by atoms with Crippen LogP contribution in [0, 0.1) is 6.92 Å². The van der Waals surface area contributed by atoms with E-state index in [1.807, 2.05) is 6.92 Å². The molecule has 6 heteroatoms. The van der Waals surface area contributed by atoms with Crippen LogP contribution in [0.2, 0.25) is 0 Å². The van der Waals surface area contributed by atoms with Gasteiger partial charge in [-0.25, -0.2) is 14.8 Å². The Morgan fingerprint density at radius 1 is 1.56 bits per heavy atom. The topological polar surface area (TPSA) is 78.1 Å². The molecule has 0 radical (unpaired) electrons. The molecular weight excluding hydrogens is 226 g/mol. The first-order valence-electron chi connectivity index (χ1n) is 4.82. The molecule has 84 valence electrons. The average molecular weight is 237 g/mol. The van der Waals surface area contributed by atoms with Crippen molar-refractivity contribution in [3.63, 3.8) is 0 Å². The van der Waals surface area contributed by atoms with Crippen molar-refractivity contribution in [3.8, 4) is 0 Å². The van der Waals surface area contributed by atoms with Crippen molar-refractivity contribution in [1.29, 1.82) is 0 Å². The van der Waals surface area contributed by atoms with Gasteiger partial charge in [-0.3, -0.25) is 0 Å². The molecule has 16 heavy (non-hydrogen) atoms. The van der Waals surface area contributed by atoms with Crippen molar-refractivity contribution in [3.05, 3.63) is 17.3 Å². The Labute approximate surface area is 96.3 Å². The summed E-state index contributed by atoms with van der Waals surface area (Å²) in [6.07, 6.45) is 0. The molecule has 2 aromatic heterocycles. The summed E-state index contributed by atoms with van der Waals surface area (Å²) in [6.45, 7) is 3.98. The van der Waals surface area contributed by atoms with Crippen LogP contribution in [-0.4, -0.2) is 22.5 Å². The van der Waals surface area contributed by atoms with Gasteiger partial charge in [0.2, 0.25) is 0 Å². The molecule has 0 aliphatic carbocycles. The first-order chi connectivity index (χ1) is 7.61. The lowest BCUT2D eigenvalue weighted by Crippen LogP contribution is -2.07. The molecule has 2 rings (SSSR count). The van der Waals surface area contributed by atoms with Crippen LogP contribution in [0.25, 0.3) is 10.3 Å². The number of fused-ring (bicyclic) bond motifs is 1. The zero-order valence-corrected chi connectivity index (χ0v) is 9.80. The van der Waals surface area contributed by atoms with Crippen molar-refractivity contribution >= 4 is 32.8 Å². The highest BCUT2D eigenvalue weighted by atomic mass is 32.1. The lowest BCUT2D eigenvalue weighted by atomic mass is 10.2. The number of pyridine rings is 1. The molecule has 0 aliphatic heterocycles. The van der Waals surface area contributed by atoms with Gasteiger partial charge in [-0.2, -0.15) is 0 Å². The number of aryl methyl sites for hydroxylation is 1. The smallest absolute Gasteiger partial charge is 0.357 e. The Hall–Kier alpha value is -1.69. The van der Waals surface area contributed by atoms with Crippen molar-refractivity contribution in [2.75, 3.05) is 12.3 Å². The van der Waals surface area contributed by atoms with Gasteiger partial charge in [-0.15, -0.1) is 0 Å². The summed E-state index contributed by atoms with van der Waals surface area (Å²) in [6, 6.07) is 1.69. The van der Waals surface area contributed by atoms with Gasteiger partial charge in [0, 0.05) is 0 Å². The van der Waals surface area contributed by atoms with Gasteiger partial charge < -0.3 is 10.5 Å². The predicted octanol–water partition coefficient (Wildman–Crippen LogP) is 1.76. The maximum Gasteiger partial charge on any atom is 0.357 e. The second-order valence-corrected chi connectivity index (χ2v) is 4.28. The minimum atomic E-state index is -0.431. The van der Waals surface area contributed by atoms with Crippen LogP contribution in [0.3, 0.4) is 0 Å². The minimum Gasteiger partial charge on any atom is -0.461 e. The van der Waals surface area contributed by atoms with E-state index in [4.69, 9.17) is 10.5 Å². The number of nitrogens with two attached hydrogens (primary N) is 1. The van der Waals surface area contributed by atoms with Gasteiger partial charge in [0.05, 0.1) is 11.3 Å². The highest BCUT2D eigenvalue weighted by molar-refractivity contribution is 7.22. The van der Waals surface area contributed by atoms with Crippen LogP contribution in [0.1, 0.15) is 23.0 Å². The predicted molar refractivity (Wildman–Crippen MR) is 62.5 cm³/mol. The number of carbonyl (C=O) groups is 1. The monoisotopic (exact) mass is 237 g/mol. The number of nitrogen functional groups attached to an aromatic ring is 1. The molecule has 0 bridgehead atoms. The fourth-order valence-electron chi connectivity index (χ4n) is 1.39. The zero-order valence-electron chi connectivity index (χ0n) is 8.98. The molecule has 0 aromatic carbocycles. The van der Waals surface area contributed by atoms with Crippen molar-refractivity contribution in [2.24, 2.45) is 0 Å². The summed E-state index contributed by atoms with van der Waals surface area (Å²) in [5.74, 6) is -0.431. The number of thiazole rings is 1. The molecule has 2 N–H and O–H groups in total. The second kappa shape index (κ2) is 4.05. The number of ether oxygens (including phenoxy) is 1. The molecule has 5 nitrogen and oxygen atoms in total. The Balaban J connectivity index is 2.53. The van der Waals surface area contributed by atoms with Crippen LogP contribution < -0.4 is 5.73 Å². The zero-order chi connectivity index (χ0) is 11.7. The summed E-state index contributed by atoms with van der Waals surface area (Å²) >= 11 is 1.36. The number of aromatic nitrogens is 2. The number of rotatable bonds is 2. The maximum atomic E-state index is 11.5. The van der Waals surface area contributed by atoms with Gasteiger partial charge in [0.1, 0.15) is 0 Å². The number of anilines is 1. The number of carbonyl (C=O) groups excluding carboxylic acids is 1. The average Bonchev–Trinajstić information content (AvgIpc) is 2.59. The van der Waals surface area contributed by atoms with E-state index in [2.05, 4.69) is 9.97 Å². The summed E-state index contributed by atoms with van der Waals surface area (Å²) in [4.78, 5) is 19.7. The Kier molecular flexibility index (Phi) is 2.74. The lowest BCUT2D eigenvalue weighted by molar-refractivity contribution is 0.0520. The minimum absolute atomic E-state index is 0.275. The van der Waals surface area contributed by atoms with Gasteiger partial charge in [0.15, 0.2) is 16.5 Å². The van der Waals surface area contributed by atoms with Crippen molar-refractivity contribution < 1.29 is 9.53 Å². The van der Waals surface area contributed by atoms with Crippen LogP contribution in [0.4, 0.5) is 5.13 Å². The summed E-state index contributed by atoms with van der Waals surface area (Å²) in [7, 11) is 0. The molecular formula is C10H11N3O2S. The Morgan fingerprint density at radius 3 is 3.00 bits per heavy atom. The van der Waals surface area contributed by atoms with E-state index < -0.39 is 5.97 Å². The number of hydrogen-bond acceptors (Lipinski definition) is 6. The summed E-state index contributed by atoms with van der Waals surface area (Å²) in [5, 5.41) is 0.451. The molecule has 0 amide bonds. The third-order valence-electron chi connectivity index (χ3n) is 2.05. The van der Waals surface area contributed by atoms with Gasteiger partial charge in [0.25, 0.3) is 0 Å². The Morgan fingerprint density at radius 2 is 2.31 bits per heavy atom. The first-order valence-corrected chi connectivity index (χ1v) is 5.64. The first kappa shape index (κ1) is 10.8. The summed E-state index contributed by atoms with van der Waals surface area (Å²) in [5.41, 5.74) is 7.31. The molecule has 0 aliphatic rings. The second-order valence-electron chi connectivity index (χ2n) is 3.25. The fourth-order valence-corrected chi connectivity index (χ4v) is 2.13. The quantitative estimate of drug-likeness (QED) is 0.805. The molecule has 0 spiro atoms. The van der Waals surface area contributed by atoms with E-state index in [-0.39, 0.29) is 5.69 Å². The molecule has 0 saturated carbocycles. The van der Waals surface area contributed by atoms with Gasteiger partial charge in [-0.1, -0.05) is 11.3 Å². The van der Waals surface area contributed by atoms with Gasteiger partial charge >= 0.3 is 5.97 Å². The third-order valence-corrected chi connectivity index (χ3v) is 3.06. The van der Waals surface area contributed by atoms with E-state index >= 15 is 0 Å². The molecule has 0 unspecified atom stereocenters. The SMILES string of the molecule is CCOC(=O)c1cc(C)c2sc(N)nc2n1. The van der Waals surface area contributed by atoms with E-state index in [0.717, 1.165) is 10.3 Å². The Bertz CT molecular complexity index is 550. The highest BCUT2D eigenvalue weighted by Gasteiger charge is 2.13. The van der Waals surface area contributed by atoms with Crippen LogP contribution >= 0.6 is 11.3 Å². The molecule has 0 atom stereocenters. The van der Waals surface area contributed by atoms with Crippen LogP contribution in [-0.2, 0) is 4.74 Å². The van der Waals surface area contributed by atoms with E-state index in [1.165, 1.54) is 11.3 Å². The molecule has 0 saturated heterocycles. The number of hydrogen-bond donors (Lipinski definition) is 1. The van der Waals surface area contributed by atoms with Crippen LogP contribution in [0.5, 0.6) is 0 Å². The largest absolute Gasteiger partial charge is 0.461 e.